The van der Waals surface area contributed by atoms with E-state index in [0.29, 0.717) is 5.92 Å². The third-order valence-corrected chi connectivity index (χ3v) is 4.97. The summed E-state index contributed by atoms with van der Waals surface area (Å²) in [7, 11) is -0.929. The molecular formula is C16H33B2BrF6K2N2O2. The molecule has 2 saturated heterocycles. The molecule has 2 rings (SSSR count). The van der Waals surface area contributed by atoms with Crippen LogP contribution in [0.25, 0.3) is 0 Å². The fourth-order valence-corrected chi connectivity index (χ4v) is 3.05. The first kappa shape index (κ1) is 44.3. The minimum Gasteiger partial charge on any atom is -1.00 e. The van der Waals surface area contributed by atoms with Gasteiger partial charge in [0.25, 0.3) is 0 Å². The van der Waals surface area contributed by atoms with E-state index < -0.39 is 14.5 Å². The van der Waals surface area contributed by atoms with Crippen LogP contribution in [-0.4, -0.2) is 84.7 Å². The summed E-state index contributed by atoms with van der Waals surface area (Å²) in [5, 5.41) is 3.10. The van der Waals surface area contributed by atoms with Gasteiger partial charge < -0.3 is 29.1 Å². The van der Waals surface area contributed by atoms with Crippen molar-refractivity contribution in [2.24, 2.45) is 11.8 Å². The number of methoxy groups -OCH3 is 2. The van der Waals surface area contributed by atoms with Crippen LogP contribution < -0.4 is 117 Å². The van der Waals surface area contributed by atoms with Crippen LogP contribution in [0.5, 0.6) is 0 Å². The van der Waals surface area contributed by atoms with Crippen LogP contribution in [0.1, 0.15) is 25.7 Å². The number of nitrogens with one attached hydrogen (secondary N) is 1. The summed E-state index contributed by atoms with van der Waals surface area (Å²) in [6.07, 6.45) is 4.47. The van der Waals surface area contributed by atoms with Gasteiger partial charge in [0.2, 0.25) is 0 Å². The zero-order chi connectivity index (χ0) is 20.5. The summed E-state index contributed by atoms with van der Waals surface area (Å²) in [5.74, 6) is 1.38. The fraction of sp³-hybridized carbons (Fsp3) is 1.00. The molecule has 4 nitrogen and oxygen atoms in total. The van der Waals surface area contributed by atoms with E-state index in [2.05, 4.69) is 21.2 Å². The van der Waals surface area contributed by atoms with Gasteiger partial charge in [0, 0.05) is 39.1 Å². The number of hydrogen-bond donors (Lipinski definition) is 1. The molecule has 0 radical (unpaired) electrons. The van der Waals surface area contributed by atoms with Crippen molar-refractivity contribution in [1.82, 2.24) is 10.2 Å². The molecule has 2 heterocycles. The number of nitrogens with zero attached hydrogens (tertiary/aromatic N) is 1. The quantitative estimate of drug-likeness (QED) is 0.185. The van der Waals surface area contributed by atoms with Crippen molar-refractivity contribution in [2.75, 3.05) is 65.3 Å². The van der Waals surface area contributed by atoms with Gasteiger partial charge in [0.15, 0.2) is 0 Å². The van der Waals surface area contributed by atoms with Crippen LogP contribution in [0.4, 0.5) is 17.3 Å². The molecule has 0 atom stereocenters. The van der Waals surface area contributed by atoms with E-state index in [9.17, 15) is 17.3 Å². The van der Waals surface area contributed by atoms with E-state index in [0.717, 1.165) is 45.1 Å². The van der Waals surface area contributed by atoms with Crippen molar-refractivity contribution >= 4 is 30.5 Å². The molecule has 0 aromatic carbocycles. The second kappa shape index (κ2) is 31.3. The monoisotopic (exact) mass is 578 g/mol. The van der Waals surface area contributed by atoms with Crippen molar-refractivity contribution in [3.05, 3.63) is 0 Å². The second-order valence-electron chi connectivity index (χ2n) is 6.78. The van der Waals surface area contributed by atoms with Crippen molar-refractivity contribution < 1.29 is 139 Å². The second-order valence-corrected chi connectivity index (χ2v) is 7.43. The minimum atomic E-state index is -2.20. The zero-order valence-electron chi connectivity index (χ0n) is 19.2. The maximum Gasteiger partial charge on any atom is 1.00 e. The number of alkyl halides is 1. The molecule has 0 spiro atoms. The van der Waals surface area contributed by atoms with Crippen molar-refractivity contribution in [3.63, 3.8) is 0 Å². The molecule has 0 aliphatic carbocycles. The van der Waals surface area contributed by atoms with E-state index in [1.807, 2.05) is 4.90 Å². The summed E-state index contributed by atoms with van der Waals surface area (Å²) in [5.41, 5.74) is 0. The number of hydrogen-bond acceptors (Lipinski definition) is 4. The Kier molecular flexibility index (Phi) is 44.8. The predicted octanol–water partition coefficient (Wildman–Crippen LogP) is -8.69. The Hall–Kier alpha value is 3.30. The van der Waals surface area contributed by atoms with Gasteiger partial charge >= 0.3 is 117 Å². The van der Waals surface area contributed by atoms with Gasteiger partial charge in [-0.05, 0) is 63.7 Å². The van der Waals surface area contributed by atoms with Gasteiger partial charge in [-0.25, -0.2) is 0 Å². The molecule has 2 fully saturated rings. The van der Waals surface area contributed by atoms with Crippen LogP contribution in [0.3, 0.4) is 0 Å². The molecule has 0 aromatic rings. The summed E-state index contributed by atoms with van der Waals surface area (Å²) < 4.78 is 55.5. The largest absolute Gasteiger partial charge is 1.00 e. The number of piperidine rings is 2. The first-order chi connectivity index (χ1) is 12.9. The maximum absolute atomic E-state index is 12.0. The average molecular weight is 579 g/mol. The third kappa shape index (κ3) is 29.4. The maximum atomic E-state index is 12.0. The first-order valence-corrected chi connectivity index (χ1v) is 10.6. The SMILES string of the molecule is COCC1CCN(CB(F)F)CC1.COCC1CCNCC1.FB(F)CBr.[F-].[F-].[K+].[K+]. The Morgan fingerprint density at radius 2 is 1.23 bits per heavy atom. The standard InChI is InChI=1S/C8H16BF2NO.C7H15NO.CH2BBrF2.2FH.2K/c1-13-6-8-2-4-12(5-3-8)7-9(10)11;1-9-6-7-2-4-8-5-3-7;3-1-2(4)5;;;;/h8H,2-7H2,1H3;7-8H,2-6H2,1H3;1H2;2*1H;;/q;;;;;2*+1/p-2. The summed E-state index contributed by atoms with van der Waals surface area (Å²) in [6, 6.07) is 0. The molecule has 2 aliphatic rings. The summed E-state index contributed by atoms with van der Waals surface area (Å²) in [6.45, 7) is 5.64. The Morgan fingerprint density at radius 3 is 1.55 bits per heavy atom. The Morgan fingerprint density at radius 1 is 0.839 bits per heavy atom. The van der Waals surface area contributed by atoms with Crippen LogP contribution in [0.15, 0.2) is 0 Å². The molecule has 0 saturated carbocycles. The van der Waals surface area contributed by atoms with Crippen LogP contribution in [0, 0.1) is 11.8 Å². The van der Waals surface area contributed by atoms with E-state index in [1.165, 1.54) is 25.9 Å². The molecule has 15 heteroatoms. The van der Waals surface area contributed by atoms with E-state index >= 15 is 0 Å². The van der Waals surface area contributed by atoms with Gasteiger partial charge in [-0.15, -0.1) is 0 Å². The molecule has 0 bridgehead atoms. The van der Waals surface area contributed by atoms with Crippen LogP contribution in [-0.2, 0) is 9.47 Å². The van der Waals surface area contributed by atoms with Crippen molar-refractivity contribution in [2.45, 2.75) is 25.7 Å². The Balaban J connectivity index is -0.000000111. The minimum absolute atomic E-state index is 0. The van der Waals surface area contributed by atoms with Gasteiger partial charge in [-0.3, -0.25) is 17.3 Å². The summed E-state index contributed by atoms with van der Waals surface area (Å²) in [4.78, 5) is 1.83. The van der Waals surface area contributed by atoms with Gasteiger partial charge in [0.05, 0.1) is 0 Å². The molecule has 2 aliphatic heterocycles. The van der Waals surface area contributed by atoms with E-state index in [4.69, 9.17) is 9.47 Å². The van der Waals surface area contributed by atoms with E-state index in [-0.39, 0.29) is 124 Å². The molecule has 0 unspecified atom stereocenters. The van der Waals surface area contributed by atoms with Crippen LogP contribution in [0.2, 0.25) is 0 Å². The summed E-state index contributed by atoms with van der Waals surface area (Å²) >= 11 is 2.56. The van der Waals surface area contributed by atoms with E-state index in [1.54, 1.807) is 14.2 Å². The normalized spacial score (nSPS) is 16.4. The molecule has 176 valence electrons. The average Bonchev–Trinajstić information content (AvgIpc) is 2.65. The molecular weight excluding hydrogens is 546 g/mol. The molecule has 1 N–H and O–H groups in total. The van der Waals surface area contributed by atoms with Gasteiger partial charge in [-0.1, -0.05) is 15.9 Å². The van der Waals surface area contributed by atoms with Crippen molar-refractivity contribution in [3.8, 4) is 0 Å². The topological polar surface area (TPSA) is 33.7 Å². The predicted molar refractivity (Wildman–Crippen MR) is 108 cm³/mol. The Bertz CT molecular complexity index is 340. The van der Waals surface area contributed by atoms with Gasteiger partial charge in [0.1, 0.15) is 0 Å². The first-order valence-electron chi connectivity index (χ1n) is 9.46. The number of ether oxygens (including phenoxy) is 2. The Labute approximate surface area is 277 Å². The molecule has 0 amide bonds. The van der Waals surface area contributed by atoms with Gasteiger partial charge in [-0.2, -0.15) is 0 Å². The number of likely N-dealkylation sites (tertiary alicyclic amines) is 1. The number of halogens is 7. The number of rotatable bonds is 7. The molecule has 31 heavy (non-hydrogen) atoms. The zero-order valence-corrected chi connectivity index (χ0v) is 27.0. The van der Waals surface area contributed by atoms with Crippen LogP contribution >= 0.6 is 15.9 Å². The van der Waals surface area contributed by atoms with Crippen molar-refractivity contribution in [1.29, 1.82) is 0 Å². The fourth-order valence-electron chi connectivity index (χ4n) is 3.05. The third-order valence-electron chi connectivity index (χ3n) is 4.48. The molecule has 0 aromatic heterocycles. The smallest absolute Gasteiger partial charge is 1.00 e.